The predicted molar refractivity (Wildman–Crippen MR) is 71.4 cm³/mol. The van der Waals surface area contributed by atoms with E-state index in [1.54, 1.807) is 0 Å². The summed E-state index contributed by atoms with van der Waals surface area (Å²) in [5.74, 6) is 0.236. The maximum atomic E-state index is 12.5. The molecule has 0 saturated heterocycles. The van der Waals surface area contributed by atoms with E-state index in [0.29, 0.717) is 13.0 Å². The molecule has 2 rings (SSSR count). The molecule has 3 nitrogen and oxygen atoms in total. The lowest BCUT2D eigenvalue weighted by atomic mass is 9.76. The van der Waals surface area contributed by atoms with E-state index in [9.17, 15) is 4.79 Å². The van der Waals surface area contributed by atoms with Gasteiger partial charge >= 0.3 is 0 Å². The van der Waals surface area contributed by atoms with Crippen molar-refractivity contribution < 1.29 is 9.90 Å². The lowest BCUT2D eigenvalue weighted by Gasteiger charge is -2.36. The summed E-state index contributed by atoms with van der Waals surface area (Å²) in [6.07, 6.45) is 1.51. The Labute approximate surface area is 108 Å². The summed E-state index contributed by atoms with van der Waals surface area (Å²) >= 11 is 0. The number of rotatable bonds is 5. The lowest BCUT2D eigenvalue weighted by molar-refractivity contribution is -0.135. The van der Waals surface area contributed by atoms with Gasteiger partial charge < -0.3 is 10.0 Å². The number of amides is 1. The third kappa shape index (κ3) is 2.41. The van der Waals surface area contributed by atoms with Crippen LogP contribution in [0.4, 0.5) is 0 Å². The number of hydrogen-bond donors (Lipinski definition) is 1. The highest BCUT2D eigenvalue weighted by molar-refractivity contribution is 5.87. The topological polar surface area (TPSA) is 40.5 Å². The lowest BCUT2D eigenvalue weighted by Crippen LogP contribution is -2.43. The molecule has 98 valence electrons. The summed E-state index contributed by atoms with van der Waals surface area (Å²) in [5, 5.41) is 8.91. The van der Waals surface area contributed by atoms with E-state index in [2.05, 4.69) is 6.07 Å². The fourth-order valence-electron chi connectivity index (χ4n) is 2.54. The second-order valence-corrected chi connectivity index (χ2v) is 5.16. The van der Waals surface area contributed by atoms with Gasteiger partial charge in [0.05, 0.1) is 5.92 Å². The van der Waals surface area contributed by atoms with Gasteiger partial charge in [0.15, 0.2) is 0 Å². The Morgan fingerprint density at radius 3 is 2.78 bits per heavy atom. The zero-order valence-electron chi connectivity index (χ0n) is 11.1. The number of hydrogen-bond acceptors (Lipinski definition) is 2. The van der Waals surface area contributed by atoms with E-state index in [-0.39, 0.29) is 24.5 Å². The van der Waals surface area contributed by atoms with Crippen LogP contribution in [-0.4, -0.2) is 35.1 Å². The largest absolute Gasteiger partial charge is 0.396 e. The van der Waals surface area contributed by atoms with E-state index in [0.717, 1.165) is 6.42 Å². The highest BCUT2D eigenvalue weighted by atomic mass is 16.3. The van der Waals surface area contributed by atoms with Crippen LogP contribution in [-0.2, 0) is 11.2 Å². The summed E-state index contributed by atoms with van der Waals surface area (Å²) in [6, 6.07) is 8.34. The standard InChI is InChI=1S/C15H21NO2/c1-11(2)16(8-5-9-17)15(18)14-10-12-6-3-4-7-13(12)14/h3-4,6-7,11,14,17H,5,8-10H2,1-2H3. The average molecular weight is 247 g/mol. The maximum absolute atomic E-state index is 12.5. The summed E-state index contributed by atoms with van der Waals surface area (Å²) in [6.45, 7) is 4.84. The van der Waals surface area contributed by atoms with Crippen molar-refractivity contribution in [2.24, 2.45) is 0 Å². The van der Waals surface area contributed by atoms with Crippen molar-refractivity contribution in [2.45, 2.75) is 38.6 Å². The van der Waals surface area contributed by atoms with E-state index in [1.165, 1.54) is 11.1 Å². The highest BCUT2D eigenvalue weighted by Gasteiger charge is 2.35. The van der Waals surface area contributed by atoms with Crippen molar-refractivity contribution in [3.05, 3.63) is 35.4 Å². The van der Waals surface area contributed by atoms with Gasteiger partial charge in [0.1, 0.15) is 0 Å². The molecule has 0 saturated carbocycles. The number of aliphatic hydroxyl groups excluding tert-OH is 1. The monoisotopic (exact) mass is 247 g/mol. The Hall–Kier alpha value is -1.35. The molecular weight excluding hydrogens is 226 g/mol. The van der Waals surface area contributed by atoms with Crippen LogP contribution >= 0.6 is 0 Å². The van der Waals surface area contributed by atoms with Crippen LogP contribution < -0.4 is 0 Å². The molecule has 0 bridgehead atoms. The Bertz CT molecular complexity index is 428. The summed E-state index contributed by atoms with van der Waals surface area (Å²) in [7, 11) is 0. The summed E-state index contributed by atoms with van der Waals surface area (Å²) in [5.41, 5.74) is 2.47. The van der Waals surface area contributed by atoms with Crippen LogP contribution in [0.2, 0.25) is 0 Å². The first-order valence-electron chi connectivity index (χ1n) is 6.64. The quantitative estimate of drug-likeness (QED) is 0.864. The number of carbonyl (C=O) groups excluding carboxylic acids is 1. The molecule has 1 amide bonds. The van der Waals surface area contributed by atoms with Gasteiger partial charge in [-0.1, -0.05) is 24.3 Å². The Kier molecular flexibility index (Phi) is 4.02. The van der Waals surface area contributed by atoms with Crippen molar-refractivity contribution in [3.63, 3.8) is 0 Å². The molecule has 18 heavy (non-hydrogen) atoms. The van der Waals surface area contributed by atoms with Crippen LogP contribution in [0.5, 0.6) is 0 Å². The van der Waals surface area contributed by atoms with E-state index >= 15 is 0 Å². The summed E-state index contributed by atoms with van der Waals surface area (Å²) < 4.78 is 0. The first kappa shape index (κ1) is 13.1. The van der Waals surface area contributed by atoms with E-state index in [4.69, 9.17) is 5.11 Å². The molecule has 0 fully saturated rings. The zero-order chi connectivity index (χ0) is 13.1. The zero-order valence-corrected chi connectivity index (χ0v) is 11.1. The van der Waals surface area contributed by atoms with Crippen molar-refractivity contribution in [1.82, 2.24) is 4.90 Å². The summed E-state index contributed by atoms with van der Waals surface area (Å²) in [4.78, 5) is 14.4. The number of nitrogens with zero attached hydrogens (tertiary/aromatic N) is 1. The number of aliphatic hydroxyl groups is 1. The normalized spacial score (nSPS) is 17.2. The number of fused-ring (bicyclic) bond motifs is 1. The molecule has 0 spiro atoms. The molecule has 1 atom stereocenters. The third-order valence-corrected chi connectivity index (χ3v) is 3.62. The highest BCUT2D eigenvalue weighted by Crippen LogP contribution is 2.36. The molecule has 3 heteroatoms. The molecule has 0 aromatic heterocycles. The first-order valence-corrected chi connectivity index (χ1v) is 6.64. The second kappa shape index (κ2) is 5.53. The molecule has 1 aliphatic rings. The number of carbonyl (C=O) groups is 1. The van der Waals surface area contributed by atoms with Gasteiger partial charge in [0.2, 0.25) is 5.91 Å². The number of benzene rings is 1. The van der Waals surface area contributed by atoms with Crippen LogP contribution in [0.3, 0.4) is 0 Å². The van der Waals surface area contributed by atoms with Gasteiger partial charge in [-0.05, 0) is 37.8 Å². The van der Waals surface area contributed by atoms with E-state index < -0.39 is 0 Å². The van der Waals surface area contributed by atoms with Crippen molar-refractivity contribution in [1.29, 1.82) is 0 Å². The van der Waals surface area contributed by atoms with Gasteiger partial charge in [-0.15, -0.1) is 0 Å². The molecule has 1 N–H and O–H groups in total. The van der Waals surface area contributed by atoms with Crippen LogP contribution in [0, 0.1) is 0 Å². The molecule has 0 radical (unpaired) electrons. The minimum absolute atomic E-state index is 0.0299. The van der Waals surface area contributed by atoms with Gasteiger partial charge in [-0.3, -0.25) is 4.79 Å². The molecule has 1 aliphatic carbocycles. The molecule has 1 unspecified atom stereocenters. The third-order valence-electron chi connectivity index (χ3n) is 3.62. The fourth-order valence-corrected chi connectivity index (χ4v) is 2.54. The minimum Gasteiger partial charge on any atom is -0.396 e. The molecule has 0 heterocycles. The van der Waals surface area contributed by atoms with Crippen molar-refractivity contribution >= 4 is 5.91 Å². The van der Waals surface area contributed by atoms with Crippen molar-refractivity contribution in [3.8, 4) is 0 Å². The van der Waals surface area contributed by atoms with E-state index in [1.807, 2.05) is 36.9 Å². The Morgan fingerprint density at radius 1 is 1.44 bits per heavy atom. The minimum atomic E-state index is 0.0299. The smallest absolute Gasteiger partial charge is 0.230 e. The first-order chi connectivity index (χ1) is 8.65. The van der Waals surface area contributed by atoms with Crippen molar-refractivity contribution in [2.75, 3.05) is 13.2 Å². The van der Waals surface area contributed by atoms with Gasteiger partial charge in [-0.2, -0.15) is 0 Å². The Balaban J connectivity index is 2.07. The predicted octanol–water partition coefficient (Wildman–Crippen LogP) is 1.95. The van der Waals surface area contributed by atoms with Crippen LogP contribution in [0.25, 0.3) is 0 Å². The Morgan fingerprint density at radius 2 is 2.17 bits per heavy atom. The van der Waals surface area contributed by atoms with Gasteiger partial charge in [0, 0.05) is 19.2 Å². The van der Waals surface area contributed by atoms with Crippen LogP contribution in [0.1, 0.15) is 37.3 Å². The molecule has 1 aromatic rings. The molecule has 0 aliphatic heterocycles. The maximum Gasteiger partial charge on any atom is 0.230 e. The second-order valence-electron chi connectivity index (χ2n) is 5.16. The van der Waals surface area contributed by atoms with Gasteiger partial charge in [0.25, 0.3) is 0 Å². The average Bonchev–Trinajstić information content (AvgIpc) is 2.31. The SMILES string of the molecule is CC(C)N(CCCO)C(=O)C1Cc2ccccc21. The van der Waals surface area contributed by atoms with Gasteiger partial charge in [-0.25, -0.2) is 0 Å². The fraction of sp³-hybridized carbons (Fsp3) is 0.533. The molecular formula is C15H21NO2. The molecule has 1 aromatic carbocycles. The van der Waals surface area contributed by atoms with Crippen LogP contribution in [0.15, 0.2) is 24.3 Å².